The largest absolute Gasteiger partial charge is 0.445 e. The maximum Gasteiger partial charge on any atom is 0.407 e. The SMILES string of the molecule is CC(CNC(=O)OCc1ccc(C(=O)C(C)(C)O)cc1)CC(C)(C)CCNC(=O)OCc1ccc(C(=O)C(C)(C)O)cc1. The highest BCUT2D eigenvalue weighted by Gasteiger charge is 2.26. The van der Waals surface area contributed by atoms with Gasteiger partial charge in [-0.25, -0.2) is 9.59 Å². The third-order valence-electron chi connectivity index (χ3n) is 6.85. The number of hydrogen-bond acceptors (Lipinski definition) is 8. The Bertz CT molecular complexity index is 1240. The molecule has 0 radical (unpaired) electrons. The molecule has 236 valence electrons. The van der Waals surface area contributed by atoms with Crippen LogP contribution in [0.3, 0.4) is 0 Å². The number of alkyl carbamates (subject to hydrolysis) is 2. The van der Waals surface area contributed by atoms with Crippen LogP contribution >= 0.6 is 0 Å². The van der Waals surface area contributed by atoms with Crippen LogP contribution in [0.5, 0.6) is 0 Å². The molecule has 0 aromatic heterocycles. The van der Waals surface area contributed by atoms with Crippen molar-refractivity contribution < 1.29 is 38.9 Å². The molecule has 0 aliphatic heterocycles. The molecule has 10 heteroatoms. The predicted octanol–water partition coefficient (Wildman–Crippen LogP) is 5.19. The monoisotopic (exact) mass is 598 g/mol. The number of aliphatic hydroxyl groups is 2. The van der Waals surface area contributed by atoms with E-state index in [4.69, 9.17) is 9.47 Å². The smallest absolute Gasteiger partial charge is 0.407 e. The van der Waals surface area contributed by atoms with Crippen molar-refractivity contribution in [2.24, 2.45) is 11.3 Å². The molecule has 0 heterocycles. The van der Waals surface area contributed by atoms with Crippen LogP contribution in [0, 0.1) is 11.3 Å². The van der Waals surface area contributed by atoms with Crippen LogP contribution in [0.2, 0.25) is 0 Å². The van der Waals surface area contributed by atoms with Crippen molar-refractivity contribution in [1.82, 2.24) is 10.6 Å². The summed E-state index contributed by atoms with van der Waals surface area (Å²) >= 11 is 0. The molecule has 2 rings (SSSR count). The molecule has 0 spiro atoms. The molecule has 2 amide bonds. The number of carbonyl (C=O) groups is 4. The lowest BCUT2D eigenvalue weighted by atomic mass is 9.80. The Hall–Kier alpha value is -3.76. The first-order chi connectivity index (χ1) is 19.9. The zero-order chi connectivity index (χ0) is 32.4. The molecule has 0 aliphatic rings. The van der Waals surface area contributed by atoms with Crippen LogP contribution in [0.1, 0.15) is 93.2 Å². The lowest BCUT2D eigenvalue weighted by Gasteiger charge is -2.28. The van der Waals surface area contributed by atoms with Crippen LogP contribution in [0.15, 0.2) is 48.5 Å². The van der Waals surface area contributed by atoms with Crippen molar-refractivity contribution in [2.45, 2.75) is 85.7 Å². The molecule has 0 saturated heterocycles. The zero-order valence-electron chi connectivity index (χ0n) is 26.3. The summed E-state index contributed by atoms with van der Waals surface area (Å²) in [6.45, 7) is 12.9. The van der Waals surface area contributed by atoms with E-state index in [1.54, 1.807) is 48.5 Å². The van der Waals surface area contributed by atoms with E-state index < -0.39 is 23.4 Å². The Kier molecular flexibility index (Phi) is 12.5. The third-order valence-corrected chi connectivity index (χ3v) is 6.85. The average molecular weight is 599 g/mol. The van der Waals surface area contributed by atoms with E-state index in [0.717, 1.165) is 17.5 Å². The lowest BCUT2D eigenvalue weighted by Crippen LogP contribution is -2.32. The Morgan fingerprint density at radius 1 is 0.698 bits per heavy atom. The molecule has 10 nitrogen and oxygen atoms in total. The van der Waals surface area contributed by atoms with Crippen LogP contribution in [-0.2, 0) is 22.7 Å². The van der Waals surface area contributed by atoms with Crippen molar-refractivity contribution in [3.05, 3.63) is 70.8 Å². The van der Waals surface area contributed by atoms with Crippen LogP contribution in [0.25, 0.3) is 0 Å². The Morgan fingerprint density at radius 2 is 1.09 bits per heavy atom. The van der Waals surface area contributed by atoms with E-state index >= 15 is 0 Å². The number of benzene rings is 2. The Morgan fingerprint density at radius 3 is 1.49 bits per heavy atom. The number of ether oxygens (including phenoxy) is 2. The highest BCUT2D eigenvalue weighted by molar-refractivity contribution is 6.02. The number of rotatable bonds is 15. The second kappa shape index (κ2) is 15.1. The maximum absolute atomic E-state index is 12.2. The third kappa shape index (κ3) is 12.6. The molecule has 1 atom stereocenters. The van der Waals surface area contributed by atoms with Gasteiger partial charge in [0.15, 0.2) is 11.6 Å². The summed E-state index contributed by atoms with van der Waals surface area (Å²) in [6, 6.07) is 13.1. The quantitative estimate of drug-likeness (QED) is 0.205. The van der Waals surface area contributed by atoms with Gasteiger partial charge in [-0.05, 0) is 63.0 Å². The lowest BCUT2D eigenvalue weighted by molar-refractivity contribution is 0.0487. The van der Waals surface area contributed by atoms with Gasteiger partial charge < -0.3 is 30.3 Å². The number of nitrogens with one attached hydrogen (secondary N) is 2. The first-order valence-corrected chi connectivity index (χ1v) is 14.4. The maximum atomic E-state index is 12.2. The average Bonchev–Trinajstić information content (AvgIpc) is 2.92. The van der Waals surface area contributed by atoms with Crippen molar-refractivity contribution in [3.63, 3.8) is 0 Å². The topological polar surface area (TPSA) is 151 Å². The van der Waals surface area contributed by atoms with E-state index in [-0.39, 0.29) is 36.1 Å². The summed E-state index contributed by atoms with van der Waals surface area (Å²) in [5.41, 5.74) is -0.804. The molecule has 2 aromatic carbocycles. The fourth-order valence-corrected chi connectivity index (χ4v) is 4.49. The molecule has 1 unspecified atom stereocenters. The summed E-state index contributed by atoms with van der Waals surface area (Å²) in [5.74, 6) is -0.604. The van der Waals surface area contributed by atoms with E-state index in [1.165, 1.54) is 27.7 Å². The van der Waals surface area contributed by atoms with Crippen molar-refractivity contribution in [2.75, 3.05) is 13.1 Å². The van der Waals surface area contributed by atoms with Crippen LogP contribution < -0.4 is 10.6 Å². The first-order valence-electron chi connectivity index (χ1n) is 14.4. The zero-order valence-corrected chi connectivity index (χ0v) is 26.3. The first kappa shape index (κ1) is 35.4. The fourth-order valence-electron chi connectivity index (χ4n) is 4.49. The van der Waals surface area contributed by atoms with Gasteiger partial charge in [0.05, 0.1) is 0 Å². The molecule has 0 bridgehead atoms. The van der Waals surface area contributed by atoms with E-state index in [0.29, 0.717) is 30.6 Å². The Labute approximate surface area is 254 Å². The molecule has 2 aromatic rings. The van der Waals surface area contributed by atoms with Crippen molar-refractivity contribution in [1.29, 1.82) is 0 Å². The molecule has 0 aliphatic carbocycles. The molecule has 0 saturated carbocycles. The van der Waals surface area contributed by atoms with Crippen molar-refractivity contribution in [3.8, 4) is 0 Å². The highest BCUT2D eigenvalue weighted by atomic mass is 16.6. The molecule has 43 heavy (non-hydrogen) atoms. The van der Waals surface area contributed by atoms with Crippen LogP contribution in [-0.4, -0.2) is 58.3 Å². The standard InChI is InChI=1S/C33H46N2O8/c1-22(19-35-30(39)43-21-24-10-14-26(15-11-24)28(37)33(6,7)41)18-31(2,3)16-17-34-29(38)42-20-23-8-12-25(13-9-23)27(36)32(4,5)40/h8-15,22,40-41H,16-21H2,1-7H3,(H,34,38)(H,35,39). The van der Waals surface area contributed by atoms with Gasteiger partial charge in [0.1, 0.15) is 24.4 Å². The normalized spacial score (nSPS) is 12.7. The van der Waals surface area contributed by atoms with Crippen LogP contribution in [0.4, 0.5) is 9.59 Å². The van der Waals surface area contributed by atoms with Gasteiger partial charge in [0.2, 0.25) is 0 Å². The van der Waals surface area contributed by atoms with E-state index in [1.807, 2.05) is 6.92 Å². The highest BCUT2D eigenvalue weighted by Crippen LogP contribution is 2.28. The summed E-state index contributed by atoms with van der Waals surface area (Å²) in [4.78, 5) is 48.6. The van der Waals surface area contributed by atoms with Gasteiger partial charge in [-0.3, -0.25) is 9.59 Å². The summed E-state index contributed by atoms with van der Waals surface area (Å²) in [6.07, 6.45) is 0.431. The van der Waals surface area contributed by atoms with E-state index in [9.17, 15) is 29.4 Å². The molecular formula is C33H46N2O8. The molecule has 0 fully saturated rings. The number of ketones is 2. The minimum atomic E-state index is -1.45. The summed E-state index contributed by atoms with van der Waals surface area (Å²) in [7, 11) is 0. The number of hydrogen-bond donors (Lipinski definition) is 4. The summed E-state index contributed by atoms with van der Waals surface area (Å²) in [5, 5.41) is 25.2. The second-order valence-electron chi connectivity index (χ2n) is 12.9. The molecular weight excluding hydrogens is 552 g/mol. The minimum absolute atomic E-state index is 0.0531. The van der Waals surface area contributed by atoms with Gasteiger partial charge in [0, 0.05) is 24.2 Å². The van der Waals surface area contributed by atoms with Gasteiger partial charge in [-0.1, -0.05) is 69.3 Å². The number of Topliss-reactive ketones (excluding diaryl/α,β-unsaturated/α-hetero) is 2. The minimum Gasteiger partial charge on any atom is -0.445 e. The van der Waals surface area contributed by atoms with Gasteiger partial charge in [-0.2, -0.15) is 0 Å². The number of carbonyl (C=O) groups excluding carboxylic acids is 4. The second-order valence-corrected chi connectivity index (χ2v) is 12.9. The predicted molar refractivity (Wildman–Crippen MR) is 163 cm³/mol. The van der Waals surface area contributed by atoms with E-state index in [2.05, 4.69) is 24.5 Å². The number of amides is 2. The van der Waals surface area contributed by atoms with Crippen molar-refractivity contribution >= 4 is 23.8 Å². The Balaban J connectivity index is 1.65. The van der Waals surface area contributed by atoms with Gasteiger partial charge in [-0.15, -0.1) is 0 Å². The summed E-state index contributed by atoms with van der Waals surface area (Å²) < 4.78 is 10.6. The van der Waals surface area contributed by atoms with Gasteiger partial charge >= 0.3 is 12.2 Å². The molecule has 4 N–H and O–H groups in total. The fraction of sp³-hybridized carbons (Fsp3) is 0.515. The van der Waals surface area contributed by atoms with Gasteiger partial charge in [0.25, 0.3) is 0 Å².